The molecule has 0 aromatic carbocycles. The van der Waals surface area contributed by atoms with Crippen molar-refractivity contribution in [1.29, 1.82) is 0 Å². The predicted octanol–water partition coefficient (Wildman–Crippen LogP) is 2.81. The molecule has 0 bridgehead atoms. The fourth-order valence-corrected chi connectivity index (χ4v) is 1.16. The topological polar surface area (TPSA) is 0 Å². The minimum Gasteiger partial charge on any atom is -0.147 e. The number of hydrogen-bond acceptors (Lipinski definition) is 0. The Morgan fingerprint density at radius 2 is 1.88 bits per heavy atom. The third kappa shape index (κ3) is 10.0. The Hall–Kier alpha value is 0.913. The van der Waals surface area contributed by atoms with Crippen molar-refractivity contribution < 1.29 is 18.3 Å². The van der Waals surface area contributed by atoms with Crippen molar-refractivity contribution in [3.05, 3.63) is 0 Å². The summed E-state index contributed by atoms with van der Waals surface area (Å²) in [7, 11) is 0. The molecule has 0 aliphatic rings. The standard InChI is InChI=1S/C6H13.ClH.Zn/c1-4-5-6(2)3;;/h6H,1,4-5H2,2-3H3;1H;. The van der Waals surface area contributed by atoms with Crippen LogP contribution in [0.2, 0.25) is 5.02 Å². The average Bonchev–Trinajstić information content (AvgIpc) is 1.61. The van der Waals surface area contributed by atoms with Gasteiger partial charge in [0.2, 0.25) is 0 Å². The molecule has 0 fully saturated rings. The Labute approximate surface area is 68.5 Å². The van der Waals surface area contributed by atoms with Gasteiger partial charge >= 0.3 is 55.9 Å². The van der Waals surface area contributed by atoms with Crippen molar-refractivity contribution in [2.45, 2.75) is 31.7 Å². The van der Waals surface area contributed by atoms with Crippen LogP contribution in [0.3, 0.4) is 0 Å². The van der Waals surface area contributed by atoms with E-state index in [2.05, 4.69) is 13.8 Å². The first-order valence-corrected chi connectivity index (χ1v) is 5.16. The SMILES string of the molecule is CC(C)CC[CH2][Zn].Cl. The number of hydrogen-bond donors (Lipinski definition) is 0. The Kier molecular flexibility index (Phi) is 11.6. The molecular formula is C6H14ClZn. The molecule has 0 rings (SSSR count). The summed E-state index contributed by atoms with van der Waals surface area (Å²) in [5.41, 5.74) is 0. The first-order chi connectivity index (χ1) is 3.27. The fraction of sp³-hybridized carbons (Fsp3) is 1.00. The largest absolute Gasteiger partial charge is 0.147 e. The van der Waals surface area contributed by atoms with Gasteiger partial charge in [-0.2, -0.15) is 0 Å². The molecule has 0 aliphatic heterocycles. The van der Waals surface area contributed by atoms with Crippen LogP contribution in [0.25, 0.3) is 0 Å². The van der Waals surface area contributed by atoms with Gasteiger partial charge < -0.3 is 0 Å². The molecular weight excluding hydrogens is 173 g/mol. The molecule has 0 aliphatic carbocycles. The van der Waals surface area contributed by atoms with Gasteiger partial charge in [-0.05, 0) is 0 Å². The van der Waals surface area contributed by atoms with E-state index < -0.39 is 0 Å². The third-order valence-corrected chi connectivity index (χ3v) is 2.08. The Bertz CT molecular complexity index is 37.5. The van der Waals surface area contributed by atoms with Crippen molar-refractivity contribution >= 4 is 12.4 Å². The van der Waals surface area contributed by atoms with Crippen LogP contribution in [0.1, 0.15) is 26.7 Å². The van der Waals surface area contributed by atoms with Crippen molar-refractivity contribution in [2.75, 3.05) is 0 Å². The van der Waals surface area contributed by atoms with Gasteiger partial charge in [-0.15, -0.1) is 12.4 Å². The summed E-state index contributed by atoms with van der Waals surface area (Å²) in [6.07, 6.45) is 2.89. The molecule has 2 heteroatoms. The summed E-state index contributed by atoms with van der Waals surface area (Å²) in [5.74, 6) is 0.923. The predicted molar refractivity (Wildman–Crippen MR) is 36.1 cm³/mol. The van der Waals surface area contributed by atoms with Crippen LogP contribution < -0.4 is 0 Å². The molecule has 0 aromatic rings. The minimum atomic E-state index is 0. The fourth-order valence-electron chi connectivity index (χ4n) is 0.553. The summed E-state index contributed by atoms with van der Waals surface area (Å²) in [4.78, 5) is 0. The van der Waals surface area contributed by atoms with Crippen LogP contribution in [-0.4, -0.2) is 0 Å². The van der Waals surface area contributed by atoms with Gasteiger partial charge in [-0.3, -0.25) is 0 Å². The van der Waals surface area contributed by atoms with Crippen molar-refractivity contribution in [1.82, 2.24) is 0 Å². The molecule has 0 spiro atoms. The van der Waals surface area contributed by atoms with Crippen molar-refractivity contribution in [3.8, 4) is 0 Å². The minimum absolute atomic E-state index is 0. The Morgan fingerprint density at radius 1 is 1.38 bits per heavy atom. The van der Waals surface area contributed by atoms with Gasteiger partial charge in [-0.25, -0.2) is 0 Å². The zero-order valence-electron chi connectivity index (χ0n) is 5.81. The van der Waals surface area contributed by atoms with Gasteiger partial charge in [0.15, 0.2) is 0 Å². The van der Waals surface area contributed by atoms with E-state index in [4.69, 9.17) is 0 Å². The van der Waals surface area contributed by atoms with E-state index in [1.807, 2.05) is 0 Å². The molecule has 0 saturated heterocycles. The monoisotopic (exact) mass is 185 g/mol. The summed E-state index contributed by atoms with van der Waals surface area (Å²) >= 11 is 1.48. The van der Waals surface area contributed by atoms with Crippen LogP contribution in [0.5, 0.6) is 0 Å². The third-order valence-electron chi connectivity index (χ3n) is 1.03. The van der Waals surface area contributed by atoms with E-state index in [-0.39, 0.29) is 12.4 Å². The molecule has 0 atom stereocenters. The smallest absolute Gasteiger partial charge is 0.147 e. The molecule has 0 N–H and O–H groups in total. The molecule has 0 unspecified atom stereocenters. The van der Waals surface area contributed by atoms with Crippen LogP contribution >= 0.6 is 12.4 Å². The van der Waals surface area contributed by atoms with Crippen LogP contribution in [0, 0.1) is 5.92 Å². The van der Waals surface area contributed by atoms with E-state index in [1.54, 1.807) is 0 Å². The maximum Gasteiger partial charge on any atom is -0.147 e. The van der Waals surface area contributed by atoms with Gasteiger partial charge in [0.1, 0.15) is 0 Å². The summed E-state index contributed by atoms with van der Waals surface area (Å²) in [5, 5.41) is 1.47. The first kappa shape index (κ1) is 11.7. The van der Waals surface area contributed by atoms with Crippen LogP contribution in [0.4, 0.5) is 0 Å². The Balaban J connectivity index is 0. The number of rotatable bonds is 3. The zero-order valence-corrected chi connectivity index (χ0v) is 9.60. The Morgan fingerprint density at radius 3 is 2.00 bits per heavy atom. The van der Waals surface area contributed by atoms with E-state index >= 15 is 0 Å². The maximum atomic E-state index is 2.29. The molecule has 0 nitrogen and oxygen atoms in total. The van der Waals surface area contributed by atoms with Crippen LogP contribution in [-0.2, 0) is 18.3 Å². The number of halogens is 1. The van der Waals surface area contributed by atoms with Crippen molar-refractivity contribution in [3.63, 3.8) is 0 Å². The van der Waals surface area contributed by atoms with Crippen molar-refractivity contribution in [2.24, 2.45) is 5.92 Å². The molecule has 0 amide bonds. The quantitative estimate of drug-likeness (QED) is 0.596. The van der Waals surface area contributed by atoms with E-state index in [0.29, 0.717) is 0 Å². The summed E-state index contributed by atoms with van der Waals surface area (Å²) < 4.78 is 0. The summed E-state index contributed by atoms with van der Waals surface area (Å²) in [6, 6.07) is 0. The molecule has 0 heterocycles. The van der Waals surface area contributed by atoms with Gasteiger partial charge in [0.25, 0.3) is 0 Å². The normalized spacial score (nSPS) is 9.12. The van der Waals surface area contributed by atoms with Gasteiger partial charge in [-0.1, -0.05) is 0 Å². The average molecular weight is 187 g/mol. The van der Waals surface area contributed by atoms with Gasteiger partial charge in [0.05, 0.1) is 0 Å². The second-order valence-electron chi connectivity index (χ2n) is 2.39. The first-order valence-electron chi connectivity index (χ1n) is 3.06. The second kappa shape index (κ2) is 7.91. The van der Waals surface area contributed by atoms with Crippen LogP contribution in [0.15, 0.2) is 0 Å². The molecule has 47 valence electrons. The molecule has 8 heavy (non-hydrogen) atoms. The second-order valence-corrected chi connectivity index (χ2v) is 3.87. The molecule has 0 aromatic heterocycles. The van der Waals surface area contributed by atoms with E-state index in [9.17, 15) is 0 Å². The zero-order chi connectivity index (χ0) is 5.70. The molecule has 0 saturated carbocycles. The van der Waals surface area contributed by atoms with E-state index in [0.717, 1.165) is 5.92 Å². The summed E-state index contributed by atoms with van der Waals surface area (Å²) in [6.45, 7) is 4.57. The van der Waals surface area contributed by atoms with Gasteiger partial charge in [0, 0.05) is 0 Å². The van der Waals surface area contributed by atoms with E-state index in [1.165, 1.54) is 36.2 Å². The maximum absolute atomic E-state index is 2.29. The molecule has 0 radical (unpaired) electrons.